The number of halogens is 1. The molecule has 1 saturated carbocycles. The van der Waals surface area contributed by atoms with Gasteiger partial charge in [-0.15, -0.1) is 11.6 Å². The van der Waals surface area contributed by atoms with Crippen LogP contribution >= 0.6 is 11.6 Å². The van der Waals surface area contributed by atoms with Gasteiger partial charge in [0.25, 0.3) is 0 Å². The molecule has 1 nitrogen and oxygen atoms in total. The Hall–Kier alpha value is 0.250. The molecule has 2 rings (SSSR count). The van der Waals surface area contributed by atoms with Crippen LogP contribution in [0.3, 0.4) is 0 Å². The second-order valence-electron chi connectivity index (χ2n) is 4.92. The van der Waals surface area contributed by atoms with Crippen molar-refractivity contribution in [3.8, 4) is 0 Å². The molecule has 0 aromatic carbocycles. The number of likely N-dealkylation sites (tertiary alicyclic amines) is 1. The molecule has 0 bridgehead atoms. The Morgan fingerprint density at radius 3 is 2.29 bits per heavy atom. The first-order valence-electron chi connectivity index (χ1n) is 6.22. The van der Waals surface area contributed by atoms with Gasteiger partial charge in [0.15, 0.2) is 0 Å². The third-order valence-electron chi connectivity index (χ3n) is 3.79. The van der Waals surface area contributed by atoms with Crippen LogP contribution in [0.1, 0.15) is 44.9 Å². The summed E-state index contributed by atoms with van der Waals surface area (Å²) in [5.74, 6) is 0.811. The van der Waals surface area contributed by atoms with Crippen LogP contribution in [-0.4, -0.2) is 29.9 Å². The van der Waals surface area contributed by atoms with E-state index in [0.717, 1.165) is 12.5 Å². The van der Waals surface area contributed by atoms with Gasteiger partial charge in [0.1, 0.15) is 0 Å². The summed E-state index contributed by atoms with van der Waals surface area (Å²) in [6.45, 7) is 3.72. The SMILES string of the molecule is ClC(CN1CCCC1)C1CCCCC1. The largest absolute Gasteiger partial charge is 0.302 e. The minimum absolute atomic E-state index is 0.424. The highest BCUT2D eigenvalue weighted by Crippen LogP contribution is 2.30. The van der Waals surface area contributed by atoms with Crippen molar-refractivity contribution < 1.29 is 0 Å². The Morgan fingerprint density at radius 2 is 1.64 bits per heavy atom. The summed E-state index contributed by atoms with van der Waals surface area (Å²) in [7, 11) is 0. The van der Waals surface area contributed by atoms with Crippen molar-refractivity contribution in [1.82, 2.24) is 4.90 Å². The molecule has 0 N–H and O–H groups in total. The van der Waals surface area contributed by atoms with E-state index >= 15 is 0 Å². The predicted octanol–water partition coefficient (Wildman–Crippen LogP) is 3.27. The van der Waals surface area contributed by atoms with Crippen LogP contribution < -0.4 is 0 Å². The van der Waals surface area contributed by atoms with Crippen LogP contribution in [0.5, 0.6) is 0 Å². The van der Waals surface area contributed by atoms with E-state index in [1.165, 1.54) is 58.0 Å². The lowest BCUT2D eigenvalue weighted by Gasteiger charge is -2.28. The minimum Gasteiger partial charge on any atom is -0.302 e. The molecule has 1 aliphatic heterocycles. The molecule has 2 aliphatic rings. The molecular weight excluding hydrogens is 194 g/mol. The molecule has 0 aromatic rings. The van der Waals surface area contributed by atoms with Crippen molar-refractivity contribution in [1.29, 1.82) is 0 Å². The molecule has 0 radical (unpaired) electrons. The van der Waals surface area contributed by atoms with Gasteiger partial charge in [-0.25, -0.2) is 0 Å². The lowest BCUT2D eigenvalue weighted by atomic mass is 9.86. The first-order valence-corrected chi connectivity index (χ1v) is 6.66. The Bertz CT molecular complexity index is 160. The molecule has 0 spiro atoms. The molecule has 0 amide bonds. The zero-order valence-corrected chi connectivity index (χ0v) is 9.81. The van der Waals surface area contributed by atoms with Gasteiger partial charge in [-0.05, 0) is 44.7 Å². The predicted molar refractivity (Wildman–Crippen MR) is 61.9 cm³/mol. The quantitative estimate of drug-likeness (QED) is 0.654. The lowest BCUT2D eigenvalue weighted by Crippen LogP contribution is -2.32. The highest BCUT2D eigenvalue weighted by molar-refractivity contribution is 6.21. The van der Waals surface area contributed by atoms with E-state index in [-0.39, 0.29) is 0 Å². The van der Waals surface area contributed by atoms with Gasteiger partial charge >= 0.3 is 0 Å². The average molecular weight is 216 g/mol. The molecule has 82 valence electrons. The standard InChI is InChI=1S/C12H22ClN/c13-12(10-14-8-4-5-9-14)11-6-2-1-3-7-11/h11-12H,1-10H2. The summed E-state index contributed by atoms with van der Waals surface area (Å²) in [4.78, 5) is 2.55. The highest BCUT2D eigenvalue weighted by atomic mass is 35.5. The number of hydrogen-bond acceptors (Lipinski definition) is 1. The summed E-state index contributed by atoms with van der Waals surface area (Å²) >= 11 is 6.50. The summed E-state index contributed by atoms with van der Waals surface area (Å²) in [5, 5.41) is 0.424. The molecule has 1 heterocycles. The first-order chi connectivity index (χ1) is 6.86. The summed E-state index contributed by atoms with van der Waals surface area (Å²) in [5.41, 5.74) is 0. The van der Waals surface area contributed by atoms with Gasteiger partial charge < -0.3 is 4.90 Å². The monoisotopic (exact) mass is 215 g/mol. The first kappa shape index (κ1) is 10.8. The Labute approximate surface area is 92.8 Å². The smallest absolute Gasteiger partial charge is 0.0491 e. The maximum absolute atomic E-state index is 6.50. The Balaban J connectivity index is 1.72. The molecule has 1 aliphatic carbocycles. The summed E-state index contributed by atoms with van der Waals surface area (Å²) < 4.78 is 0. The molecular formula is C12H22ClN. The molecule has 2 heteroatoms. The fourth-order valence-electron chi connectivity index (χ4n) is 2.86. The second-order valence-corrected chi connectivity index (χ2v) is 5.48. The second kappa shape index (κ2) is 5.37. The van der Waals surface area contributed by atoms with Gasteiger partial charge in [-0.2, -0.15) is 0 Å². The maximum atomic E-state index is 6.50. The molecule has 1 atom stereocenters. The number of rotatable bonds is 3. The van der Waals surface area contributed by atoms with Crippen LogP contribution in [0.25, 0.3) is 0 Å². The van der Waals surface area contributed by atoms with E-state index in [4.69, 9.17) is 11.6 Å². The fraction of sp³-hybridized carbons (Fsp3) is 1.00. The van der Waals surface area contributed by atoms with E-state index in [1.54, 1.807) is 0 Å². The third kappa shape index (κ3) is 2.87. The van der Waals surface area contributed by atoms with E-state index in [0.29, 0.717) is 5.38 Å². The number of hydrogen-bond donors (Lipinski definition) is 0. The van der Waals surface area contributed by atoms with Crippen molar-refractivity contribution in [2.24, 2.45) is 5.92 Å². The van der Waals surface area contributed by atoms with E-state index in [2.05, 4.69) is 4.90 Å². The normalized spacial score (nSPS) is 28.1. The zero-order valence-electron chi connectivity index (χ0n) is 9.05. The van der Waals surface area contributed by atoms with Crippen molar-refractivity contribution in [3.63, 3.8) is 0 Å². The molecule has 14 heavy (non-hydrogen) atoms. The van der Waals surface area contributed by atoms with Crippen LogP contribution in [0.15, 0.2) is 0 Å². The highest BCUT2D eigenvalue weighted by Gasteiger charge is 2.24. The molecule has 0 aromatic heterocycles. The van der Waals surface area contributed by atoms with Crippen LogP contribution in [0, 0.1) is 5.92 Å². The third-order valence-corrected chi connectivity index (χ3v) is 4.29. The van der Waals surface area contributed by atoms with Crippen LogP contribution in [-0.2, 0) is 0 Å². The van der Waals surface area contributed by atoms with E-state index < -0.39 is 0 Å². The average Bonchev–Trinajstić information content (AvgIpc) is 2.72. The molecule has 1 saturated heterocycles. The fourth-order valence-corrected chi connectivity index (χ4v) is 3.30. The summed E-state index contributed by atoms with van der Waals surface area (Å²) in [6.07, 6.45) is 9.78. The van der Waals surface area contributed by atoms with Crippen LogP contribution in [0.2, 0.25) is 0 Å². The van der Waals surface area contributed by atoms with E-state index in [1.807, 2.05) is 0 Å². The van der Waals surface area contributed by atoms with Gasteiger partial charge in [0, 0.05) is 11.9 Å². The van der Waals surface area contributed by atoms with E-state index in [9.17, 15) is 0 Å². The number of alkyl halides is 1. The van der Waals surface area contributed by atoms with Gasteiger partial charge in [0.05, 0.1) is 0 Å². The topological polar surface area (TPSA) is 3.24 Å². The van der Waals surface area contributed by atoms with Crippen LogP contribution in [0.4, 0.5) is 0 Å². The van der Waals surface area contributed by atoms with Crippen molar-refractivity contribution in [2.45, 2.75) is 50.3 Å². The van der Waals surface area contributed by atoms with Gasteiger partial charge in [-0.3, -0.25) is 0 Å². The van der Waals surface area contributed by atoms with Gasteiger partial charge in [0.2, 0.25) is 0 Å². The Kier molecular flexibility index (Phi) is 4.12. The van der Waals surface area contributed by atoms with Crippen molar-refractivity contribution in [2.75, 3.05) is 19.6 Å². The maximum Gasteiger partial charge on any atom is 0.0491 e. The van der Waals surface area contributed by atoms with Gasteiger partial charge in [-0.1, -0.05) is 19.3 Å². The van der Waals surface area contributed by atoms with Crippen molar-refractivity contribution >= 4 is 11.6 Å². The Morgan fingerprint density at radius 1 is 1.00 bits per heavy atom. The molecule has 1 unspecified atom stereocenters. The van der Waals surface area contributed by atoms with Crippen molar-refractivity contribution in [3.05, 3.63) is 0 Å². The summed E-state index contributed by atoms with van der Waals surface area (Å²) in [6, 6.07) is 0. The molecule has 2 fully saturated rings. The minimum atomic E-state index is 0.424. The zero-order chi connectivity index (χ0) is 9.80. The number of nitrogens with zero attached hydrogens (tertiary/aromatic N) is 1. The lowest BCUT2D eigenvalue weighted by molar-refractivity contribution is 0.271.